The number of halogens is 2. The largest absolute Gasteiger partial charge is 0.493 e. The maximum absolute atomic E-state index is 13.5. The van der Waals surface area contributed by atoms with E-state index in [9.17, 15) is 8.78 Å². The molecule has 2 N–H and O–H groups in total. The zero-order valence-corrected chi connectivity index (χ0v) is 16.2. The lowest BCUT2D eigenvalue weighted by Gasteiger charge is -2.14. The predicted molar refractivity (Wildman–Crippen MR) is 104 cm³/mol. The first-order valence-corrected chi connectivity index (χ1v) is 8.89. The van der Waals surface area contributed by atoms with Crippen LogP contribution in [-0.4, -0.2) is 39.9 Å². The molecule has 2 aromatic carbocycles. The van der Waals surface area contributed by atoms with E-state index in [1.807, 2.05) is 25.1 Å². The van der Waals surface area contributed by atoms with E-state index >= 15 is 0 Å². The Morgan fingerprint density at radius 2 is 1.79 bits per heavy atom. The Balaban J connectivity index is 1.80. The average molecular weight is 393 g/mol. The summed E-state index contributed by atoms with van der Waals surface area (Å²) in [4.78, 5) is 4.13. The van der Waals surface area contributed by atoms with Crippen molar-refractivity contribution >= 4 is 5.96 Å². The van der Waals surface area contributed by atoms with Crippen LogP contribution in [0.2, 0.25) is 0 Å². The summed E-state index contributed by atoms with van der Waals surface area (Å²) >= 11 is 0. The minimum atomic E-state index is -0.730. The van der Waals surface area contributed by atoms with Crippen LogP contribution in [0.15, 0.2) is 41.4 Å². The molecule has 0 amide bonds. The summed E-state index contributed by atoms with van der Waals surface area (Å²) in [6.07, 6.45) is 0. The van der Waals surface area contributed by atoms with E-state index in [2.05, 4.69) is 15.6 Å². The van der Waals surface area contributed by atoms with Gasteiger partial charge in [-0.2, -0.15) is 0 Å². The van der Waals surface area contributed by atoms with Gasteiger partial charge in [-0.25, -0.2) is 8.78 Å². The Labute approximate surface area is 163 Å². The smallest absolute Gasteiger partial charge is 0.191 e. The van der Waals surface area contributed by atoms with Crippen LogP contribution in [0.1, 0.15) is 12.5 Å². The third-order valence-electron chi connectivity index (χ3n) is 3.76. The van der Waals surface area contributed by atoms with E-state index in [1.54, 1.807) is 14.2 Å². The van der Waals surface area contributed by atoms with E-state index in [0.717, 1.165) is 17.7 Å². The second kappa shape index (κ2) is 11.0. The van der Waals surface area contributed by atoms with Gasteiger partial charge in [0.25, 0.3) is 0 Å². The molecular formula is C20H25F2N3O3. The molecule has 0 aliphatic rings. The van der Waals surface area contributed by atoms with Crippen molar-refractivity contribution in [1.82, 2.24) is 10.6 Å². The lowest BCUT2D eigenvalue weighted by Crippen LogP contribution is -2.38. The molecule has 0 aromatic heterocycles. The van der Waals surface area contributed by atoms with E-state index in [4.69, 9.17) is 14.2 Å². The fraction of sp³-hybridized carbons (Fsp3) is 0.350. The van der Waals surface area contributed by atoms with E-state index < -0.39 is 11.6 Å². The van der Waals surface area contributed by atoms with Crippen LogP contribution in [0.5, 0.6) is 17.2 Å². The van der Waals surface area contributed by atoms with Crippen molar-refractivity contribution < 1.29 is 23.0 Å². The summed E-state index contributed by atoms with van der Waals surface area (Å²) in [7, 11) is 3.25. The van der Waals surface area contributed by atoms with Crippen molar-refractivity contribution in [2.45, 2.75) is 13.5 Å². The van der Waals surface area contributed by atoms with Gasteiger partial charge in [-0.3, -0.25) is 4.99 Å². The number of hydrogen-bond acceptors (Lipinski definition) is 4. The van der Waals surface area contributed by atoms with E-state index in [1.165, 1.54) is 6.07 Å². The van der Waals surface area contributed by atoms with Crippen molar-refractivity contribution in [1.29, 1.82) is 0 Å². The third-order valence-corrected chi connectivity index (χ3v) is 3.76. The summed E-state index contributed by atoms with van der Waals surface area (Å²) in [6, 6.07) is 8.89. The van der Waals surface area contributed by atoms with E-state index in [-0.39, 0.29) is 12.4 Å². The molecule has 0 fully saturated rings. The van der Waals surface area contributed by atoms with Crippen LogP contribution in [0.4, 0.5) is 8.78 Å². The van der Waals surface area contributed by atoms with Gasteiger partial charge in [-0.15, -0.1) is 0 Å². The number of benzene rings is 2. The maximum atomic E-state index is 13.5. The fourth-order valence-corrected chi connectivity index (χ4v) is 2.43. The highest BCUT2D eigenvalue weighted by molar-refractivity contribution is 5.79. The molecule has 0 atom stereocenters. The van der Waals surface area contributed by atoms with Crippen LogP contribution >= 0.6 is 0 Å². The van der Waals surface area contributed by atoms with Gasteiger partial charge < -0.3 is 24.8 Å². The molecule has 2 rings (SSSR count). The zero-order valence-electron chi connectivity index (χ0n) is 16.2. The molecule has 2 aromatic rings. The van der Waals surface area contributed by atoms with Crippen molar-refractivity contribution in [2.24, 2.45) is 4.99 Å². The van der Waals surface area contributed by atoms with Crippen molar-refractivity contribution in [3.8, 4) is 17.2 Å². The zero-order chi connectivity index (χ0) is 20.4. The minimum Gasteiger partial charge on any atom is -0.493 e. The molecule has 0 spiro atoms. The molecule has 8 heteroatoms. The van der Waals surface area contributed by atoms with Gasteiger partial charge in [-0.05, 0) is 36.8 Å². The second-order valence-corrected chi connectivity index (χ2v) is 5.69. The van der Waals surface area contributed by atoms with Crippen LogP contribution in [-0.2, 0) is 6.54 Å². The molecule has 152 valence electrons. The van der Waals surface area contributed by atoms with Crippen LogP contribution in [0, 0.1) is 11.6 Å². The summed E-state index contributed by atoms with van der Waals surface area (Å²) in [5.74, 6) is 0.566. The Bertz CT molecular complexity index is 800. The Morgan fingerprint density at radius 1 is 1.00 bits per heavy atom. The molecule has 0 bridgehead atoms. The molecule has 0 aliphatic carbocycles. The molecule has 0 aliphatic heterocycles. The molecule has 0 saturated heterocycles. The first-order chi connectivity index (χ1) is 13.6. The summed E-state index contributed by atoms with van der Waals surface area (Å²) in [5.41, 5.74) is 0.997. The van der Waals surface area contributed by atoms with Gasteiger partial charge in [0, 0.05) is 19.7 Å². The highest BCUT2D eigenvalue weighted by Crippen LogP contribution is 2.27. The Morgan fingerprint density at radius 3 is 2.46 bits per heavy atom. The lowest BCUT2D eigenvalue weighted by molar-refractivity contribution is 0.304. The van der Waals surface area contributed by atoms with Crippen molar-refractivity contribution in [3.05, 3.63) is 53.6 Å². The van der Waals surface area contributed by atoms with Crippen LogP contribution in [0.25, 0.3) is 0 Å². The summed E-state index contributed by atoms with van der Waals surface area (Å²) in [5, 5.41) is 6.24. The normalized spacial score (nSPS) is 11.1. The topological polar surface area (TPSA) is 64.1 Å². The molecule has 0 heterocycles. The quantitative estimate of drug-likeness (QED) is 0.389. The number of ether oxygens (including phenoxy) is 3. The second-order valence-electron chi connectivity index (χ2n) is 5.69. The number of hydrogen-bond donors (Lipinski definition) is 2. The lowest BCUT2D eigenvalue weighted by atomic mass is 10.2. The number of methoxy groups -OCH3 is 1. The summed E-state index contributed by atoms with van der Waals surface area (Å²) < 4.78 is 42.5. The molecule has 6 nitrogen and oxygen atoms in total. The maximum Gasteiger partial charge on any atom is 0.191 e. The van der Waals surface area contributed by atoms with Gasteiger partial charge in [0.1, 0.15) is 12.4 Å². The summed E-state index contributed by atoms with van der Waals surface area (Å²) in [6.45, 7) is 3.57. The number of nitrogens with one attached hydrogen (secondary N) is 2. The number of guanidine groups is 1. The number of nitrogens with zero attached hydrogens (tertiary/aromatic N) is 1. The fourth-order valence-electron chi connectivity index (χ4n) is 2.43. The van der Waals surface area contributed by atoms with Gasteiger partial charge in [0.2, 0.25) is 0 Å². The first-order valence-electron chi connectivity index (χ1n) is 8.89. The highest BCUT2D eigenvalue weighted by atomic mass is 19.1. The van der Waals surface area contributed by atoms with Gasteiger partial charge in [0.05, 0.1) is 20.3 Å². The minimum absolute atomic E-state index is 0.00725. The van der Waals surface area contributed by atoms with Gasteiger partial charge in [-0.1, -0.05) is 6.07 Å². The van der Waals surface area contributed by atoms with E-state index in [0.29, 0.717) is 37.2 Å². The highest BCUT2D eigenvalue weighted by Gasteiger charge is 2.07. The SMILES string of the molecule is CCOc1cc(CNC(=NC)NCCOc2ccc(F)cc2F)ccc1OC. The molecule has 0 radical (unpaired) electrons. The average Bonchev–Trinajstić information content (AvgIpc) is 2.69. The number of rotatable bonds is 9. The first kappa shape index (κ1) is 21.3. The molecule has 0 unspecified atom stereocenters. The van der Waals surface area contributed by atoms with Crippen molar-refractivity contribution in [2.75, 3.05) is 33.9 Å². The predicted octanol–water partition coefficient (Wildman–Crippen LogP) is 3.12. The number of aliphatic imine (C=N–C) groups is 1. The standard InChI is InChI=1S/C20H25F2N3O3/c1-4-27-19-11-14(5-7-18(19)26-3)13-25-20(23-2)24-9-10-28-17-8-6-15(21)12-16(17)22/h5-8,11-12H,4,9-10,13H2,1-3H3,(H2,23,24,25). The molecular weight excluding hydrogens is 368 g/mol. The molecule has 0 saturated carbocycles. The Kier molecular flexibility index (Phi) is 8.33. The Hall–Kier alpha value is -3.03. The van der Waals surface area contributed by atoms with Crippen LogP contribution in [0.3, 0.4) is 0 Å². The third kappa shape index (κ3) is 6.29. The van der Waals surface area contributed by atoms with Gasteiger partial charge >= 0.3 is 0 Å². The molecule has 28 heavy (non-hydrogen) atoms. The van der Waals surface area contributed by atoms with Crippen molar-refractivity contribution in [3.63, 3.8) is 0 Å². The van der Waals surface area contributed by atoms with Gasteiger partial charge in [0.15, 0.2) is 29.0 Å². The monoisotopic (exact) mass is 393 g/mol. The van der Waals surface area contributed by atoms with Crippen LogP contribution < -0.4 is 24.8 Å².